The van der Waals surface area contributed by atoms with Crippen molar-refractivity contribution in [1.82, 2.24) is 10.6 Å². The standard InChI is InChI=1S/C36H68N2O70S16/c39-27(35(47,115(67,68)69)33(45,113(61,62)63)25(31(43,111(55,56)57)29(41)109(49,50)51)101-23-21(107-123(91,92)93)19(105-121(85,86)87)17(103-119(79,80)81)15(99-23)13-97-117(73,74)75)37-11-9-7-5-3-1-2-4-6-8-10-12-38-28(40)36(48,116(70,71)72)34(46,114(64,65)66)26(32(44,112(58,59)60)30(42)110(52,53)54)102-24-22(108-124(94,95)96)20(106-122(88,89)90)18(104-120(82,83)84)16(100-24)14-98-118(76,77)78/h15-26,29-30,41-48H,1-14H2,(H,37,39)(H,38,40)(H,49,50,51)(H,52,53,54)(H,55,56,57)(H,58,59,60)(H,61,62,63)(H,64,65,66)(H,67,68,69)(H,70,71,72)(H,73,74,75)(H,76,77,78)(H,79,80,81)(H,82,83,84)(H,85,86,87)(H,88,89,90)(H,91,92,93)(H,94,95,96)/t15-,16-,17-,18-,19+,20+,21-,22-,23-,24-,25-,26-,29?,30?,31-,32-,33-,34-,35-,36-/m1/s1. The van der Waals surface area contributed by atoms with Crippen molar-refractivity contribution >= 4 is 176 Å². The van der Waals surface area contributed by atoms with E-state index in [9.17, 15) is 258 Å². The molecule has 88 heteroatoms. The highest BCUT2D eigenvalue weighted by atomic mass is 32.3. The Morgan fingerprint density at radius 1 is 0.290 bits per heavy atom. The van der Waals surface area contributed by atoms with Crippen LogP contribution in [0.25, 0.3) is 0 Å². The Hall–Kier alpha value is -3.30. The summed E-state index contributed by atoms with van der Waals surface area (Å²) in [5, 5.41) is 93.7. The monoisotopic (exact) mass is 2160 g/mol. The van der Waals surface area contributed by atoms with E-state index in [-0.39, 0.29) is 38.5 Å². The number of aliphatic hydroxyl groups excluding tert-OH is 2. The molecular weight excluding hydrogens is 2090 g/mol. The fourth-order valence-electron chi connectivity index (χ4n) is 10.7. The molecule has 26 N–H and O–H groups in total. The van der Waals surface area contributed by atoms with Crippen molar-refractivity contribution in [3.8, 4) is 0 Å². The van der Waals surface area contributed by atoms with E-state index in [0.717, 1.165) is 10.6 Å². The molecular formula is C36H68N2O70S16. The molecule has 124 heavy (non-hydrogen) atoms. The van der Waals surface area contributed by atoms with Crippen molar-refractivity contribution in [1.29, 1.82) is 0 Å². The molecule has 0 bridgehead atoms. The number of amides is 2. The highest BCUT2D eigenvalue weighted by molar-refractivity contribution is 7.94. The molecule has 2 rings (SSSR count). The van der Waals surface area contributed by atoms with Crippen LogP contribution in [0.4, 0.5) is 0 Å². The zero-order chi connectivity index (χ0) is 98.0. The van der Waals surface area contributed by atoms with Crippen LogP contribution in [0.15, 0.2) is 0 Å². The molecule has 2 heterocycles. The van der Waals surface area contributed by atoms with E-state index < -0.39 is 342 Å². The molecule has 20 atom stereocenters. The first-order valence-corrected chi connectivity index (χ1v) is 52.9. The minimum Gasteiger partial charge on any atom is -0.372 e. The lowest BCUT2D eigenvalue weighted by Gasteiger charge is -2.49. The Morgan fingerprint density at radius 2 is 0.500 bits per heavy atom. The number of carbonyl (C=O) groups is 2. The van der Waals surface area contributed by atoms with Crippen LogP contribution in [0.2, 0.25) is 0 Å². The lowest BCUT2D eigenvalue weighted by atomic mass is 9.97. The first-order valence-electron chi connectivity index (χ1n) is 30.3. The Labute approximate surface area is 696 Å². The average Bonchev–Trinajstić information content (AvgIpc) is 0.689. The zero-order valence-electron chi connectivity index (χ0n) is 59.0. The molecule has 2 amide bonds. The van der Waals surface area contributed by atoms with Crippen molar-refractivity contribution in [2.45, 2.75) is 178 Å². The topological polar surface area (TPSA) is 1200 Å². The maximum absolute atomic E-state index is 13.9. The predicted molar refractivity (Wildman–Crippen MR) is 367 cm³/mol. The van der Waals surface area contributed by atoms with Gasteiger partial charge in [0.05, 0.1) is 13.2 Å². The van der Waals surface area contributed by atoms with Crippen molar-refractivity contribution in [2.24, 2.45) is 0 Å². The lowest BCUT2D eigenvalue weighted by molar-refractivity contribution is -0.326. The predicted octanol–water partition coefficient (Wildman–Crippen LogP) is -16.0. The van der Waals surface area contributed by atoms with Crippen LogP contribution in [0.3, 0.4) is 0 Å². The molecule has 0 aromatic heterocycles. The summed E-state index contributed by atoms with van der Waals surface area (Å²) in [6, 6.07) is 0. The van der Waals surface area contributed by atoms with E-state index in [1.54, 1.807) is 0 Å². The van der Waals surface area contributed by atoms with Crippen molar-refractivity contribution in [3.63, 3.8) is 0 Å². The highest BCUT2D eigenvalue weighted by Gasteiger charge is 2.84. The van der Waals surface area contributed by atoms with E-state index >= 15 is 0 Å². The number of hydrogen-bond acceptors (Lipinski definition) is 54. The number of aliphatic hydroxyl groups is 8. The number of unbranched alkanes of at least 4 members (excludes halogenated alkanes) is 9. The van der Waals surface area contributed by atoms with Crippen LogP contribution in [-0.2, 0) is 226 Å². The summed E-state index contributed by atoms with van der Waals surface area (Å²) in [5.74, 6) is -6.81. The second kappa shape index (κ2) is 40.2. The maximum atomic E-state index is 13.9. The van der Waals surface area contributed by atoms with Crippen molar-refractivity contribution in [2.75, 3.05) is 26.3 Å². The summed E-state index contributed by atoms with van der Waals surface area (Å²) in [4.78, 5) is -11.9. The average molecular weight is 2160 g/mol. The number of carbonyl (C=O) groups excluding carboxylic acids is 2. The van der Waals surface area contributed by atoms with Crippen LogP contribution >= 0.6 is 0 Å². The van der Waals surface area contributed by atoms with E-state index in [0.29, 0.717) is 0 Å². The molecule has 0 aliphatic carbocycles. The summed E-state index contributed by atoms with van der Waals surface area (Å²) in [6.45, 7) is -7.65. The Balaban J connectivity index is 2.71. The van der Waals surface area contributed by atoms with E-state index in [4.69, 9.17) is 0 Å². The van der Waals surface area contributed by atoms with Crippen LogP contribution in [0.5, 0.6) is 0 Å². The summed E-state index contributed by atoms with van der Waals surface area (Å²) in [5.41, 5.74) is -10.6. The molecule has 2 saturated heterocycles. The Morgan fingerprint density at radius 3 is 0.685 bits per heavy atom. The number of hydrogen-bond donors (Lipinski definition) is 26. The van der Waals surface area contributed by atoms with Crippen LogP contribution in [-0.4, -0.2) is 401 Å². The van der Waals surface area contributed by atoms with E-state index in [1.807, 2.05) is 0 Å². The van der Waals surface area contributed by atoms with Gasteiger partial charge in [-0.2, -0.15) is 135 Å². The first kappa shape index (κ1) is 117. The van der Waals surface area contributed by atoms with Crippen LogP contribution < -0.4 is 10.6 Å². The molecule has 2 aliphatic heterocycles. The van der Waals surface area contributed by atoms with Gasteiger partial charge in [0.15, 0.2) is 37.0 Å². The van der Waals surface area contributed by atoms with Gasteiger partial charge in [-0.05, 0) is 12.8 Å². The normalized spacial score (nSPS) is 25.5. The first-order chi connectivity index (χ1) is 54.5. The number of nitrogens with one attached hydrogen (secondary N) is 2. The number of rotatable bonds is 53. The molecule has 738 valence electrons. The van der Waals surface area contributed by atoms with Gasteiger partial charge in [0, 0.05) is 13.1 Å². The van der Waals surface area contributed by atoms with Gasteiger partial charge < -0.3 is 70.4 Å². The van der Waals surface area contributed by atoms with Crippen LogP contribution in [0, 0.1) is 0 Å². The molecule has 0 spiro atoms. The summed E-state index contributed by atoms with van der Waals surface area (Å²) < 4.78 is 607. The van der Waals surface area contributed by atoms with Gasteiger partial charge in [0.1, 0.15) is 36.6 Å². The summed E-state index contributed by atoms with van der Waals surface area (Å²) in [6.07, 6.45) is -54.4. The smallest absolute Gasteiger partial charge is 0.372 e. The van der Waals surface area contributed by atoms with E-state index in [1.165, 1.54) is 0 Å². The largest absolute Gasteiger partial charge is 0.397 e. The summed E-state index contributed by atoms with van der Waals surface area (Å²) >= 11 is 0. The minimum absolute atomic E-state index is 0.00568. The fraction of sp³-hybridized carbons (Fsp3) is 0.944. The van der Waals surface area contributed by atoms with Crippen molar-refractivity contribution < 1.29 is 310 Å². The molecule has 2 aliphatic rings. The van der Waals surface area contributed by atoms with Crippen molar-refractivity contribution in [3.05, 3.63) is 0 Å². The van der Waals surface area contributed by atoms with Gasteiger partial charge in [-0.3, -0.25) is 82.4 Å². The molecule has 2 unspecified atom stereocenters. The second-order valence-electron chi connectivity index (χ2n) is 24.3. The molecule has 0 radical (unpaired) electrons. The molecule has 0 aromatic rings. The molecule has 72 nitrogen and oxygen atoms in total. The number of ether oxygens (including phenoxy) is 4. The second-order valence-corrected chi connectivity index (χ2v) is 45.1. The SMILES string of the molecule is O=C(NCCCCCCCCCCCCNC(=O)[C@](O)([C@@](O)([C@H](O[C@H]1O[C@H](COS(=O)(=O)O)[C@@H](OS(=O)(=O)O)[C@H](OS(=O)(=O)O)[C@H]1OS(=O)(=O)O)[C@](O)(C(O)S(=O)(=O)O)S(=O)(=O)O)S(=O)(=O)O)S(=O)(=O)O)[C@](O)([C@@](O)([C@H](O[C@H]1O[C@H](COS(=O)(=O)O)[C@@H](OS(=O)(=O)O)[C@H](OS(=O)(=O)O)[C@H]1OS(=O)(=O)O)[C@](O)(C(O)S(=O)(=O)O)S(=O)(=O)O)S(=O)(=O)O)S(=O)(=O)O. The van der Waals surface area contributed by atoms with Crippen LogP contribution in [0.1, 0.15) is 64.2 Å². The van der Waals surface area contributed by atoms with Gasteiger partial charge in [0.2, 0.25) is 10.9 Å². The van der Waals surface area contributed by atoms with Gasteiger partial charge in [-0.1, -0.05) is 51.4 Å². The molecule has 0 saturated carbocycles. The zero-order valence-corrected chi connectivity index (χ0v) is 72.1. The maximum Gasteiger partial charge on any atom is 0.397 e. The minimum atomic E-state index is -8.19. The lowest BCUT2D eigenvalue weighted by Crippen LogP contribution is -2.81. The quantitative estimate of drug-likeness (QED) is 0.0199. The molecule has 0 aromatic carbocycles. The third-order valence-corrected chi connectivity index (χ3v) is 29.4. The summed E-state index contributed by atoms with van der Waals surface area (Å²) in [7, 11) is -115. The van der Waals surface area contributed by atoms with E-state index in [2.05, 4.69) is 52.4 Å². The Kier molecular flexibility index (Phi) is 37.9. The fourth-order valence-corrected chi connectivity index (χ4v) is 23.2. The third-order valence-electron chi connectivity index (χ3n) is 15.7. The van der Waals surface area contributed by atoms with Gasteiger partial charge >= 0.3 is 154 Å². The Bertz CT molecular complexity index is 5470. The van der Waals surface area contributed by atoms with Gasteiger partial charge in [-0.15, -0.1) is 0 Å². The third kappa shape index (κ3) is 29.6. The van der Waals surface area contributed by atoms with Gasteiger partial charge in [-0.25, -0.2) is 33.5 Å². The molecule has 2 fully saturated rings. The van der Waals surface area contributed by atoms with Gasteiger partial charge in [0.25, 0.3) is 51.8 Å². The highest BCUT2D eigenvalue weighted by Crippen LogP contribution is 2.49.